The van der Waals surface area contributed by atoms with Gasteiger partial charge >= 0.3 is 6.09 Å². The van der Waals surface area contributed by atoms with Gasteiger partial charge in [0.2, 0.25) is 5.88 Å². The smallest absolute Gasteiger partial charge is 0.432 e. The monoisotopic (exact) mass is 278 g/mol. The summed E-state index contributed by atoms with van der Waals surface area (Å²) in [5.74, 6) is 3.02. The van der Waals surface area contributed by atoms with Gasteiger partial charge in [0.05, 0.1) is 6.61 Å². The third kappa shape index (κ3) is 2.81. The van der Waals surface area contributed by atoms with Crippen molar-refractivity contribution in [2.75, 3.05) is 6.61 Å². The second-order valence-electron chi connectivity index (χ2n) is 6.06. The lowest BCUT2D eigenvalue weighted by molar-refractivity contribution is 0.0720. The van der Waals surface area contributed by atoms with E-state index in [-0.39, 0.29) is 0 Å². The van der Waals surface area contributed by atoms with Crippen LogP contribution >= 0.6 is 0 Å². The molecule has 0 spiro atoms. The van der Waals surface area contributed by atoms with E-state index in [2.05, 4.69) is 5.10 Å². The Kier molecular flexibility index (Phi) is 3.94. The van der Waals surface area contributed by atoms with Crippen LogP contribution in [0.15, 0.2) is 12.3 Å². The molecule has 110 valence electrons. The van der Waals surface area contributed by atoms with Crippen LogP contribution in [0.3, 0.4) is 0 Å². The van der Waals surface area contributed by atoms with Crippen LogP contribution in [0.25, 0.3) is 0 Å². The molecule has 0 aromatic carbocycles. The summed E-state index contributed by atoms with van der Waals surface area (Å²) >= 11 is 0. The Balaban J connectivity index is 1.48. The predicted octanol–water partition coefficient (Wildman–Crippen LogP) is 3.39. The zero-order chi connectivity index (χ0) is 13.9. The van der Waals surface area contributed by atoms with Gasteiger partial charge in [0, 0.05) is 12.3 Å². The van der Waals surface area contributed by atoms with Crippen molar-refractivity contribution in [2.24, 2.45) is 17.8 Å². The molecule has 0 amide bonds. The quantitative estimate of drug-likeness (QED) is 0.866. The van der Waals surface area contributed by atoms with E-state index in [9.17, 15) is 4.79 Å². The Morgan fingerprint density at radius 1 is 1.35 bits per heavy atom. The number of aromatic nitrogens is 2. The molecule has 0 atom stereocenters. The van der Waals surface area contributed by atoms with Crippen LogP contribution < -0.4 is 4.74 Å². The SMILES string of the molecule is O=C(O)n1ccc(OCCC(C2CCC2)C2CCC2)n1. The zero-order valence-electron chi connectivity index (χ0n) is 11.7. The van der Waals surface area contributed by atoms with Gasteiger partial charge in [-0.25, -0.2) is 4.79 Å². The maximum absolute atomic E-state index is 10.7. The topological polar surface area (TPSA) is 64.3 Å². The molecule has 1 N–H and O–H groups in total. The maximum atomic E-state index is 10.7. The molecule has 0 radical (unpaired) electrons. The van der Waals surface area contributed by atoms with Crippen LogP contribution in [0.4, 0.5) is 4.79 Å². The second kappa shape index (κ2) is 5.85. The molecule has 20 heavy (non-hydrogen) atoms. The lowest BCUT2D eigenvalue weighted by Gasteiger charge is -2.42. The number of carbonyl (C=O) groups is 1. The summed E-state index contributed by atoms with van der Waals surface area (Å²) in [7, 11) is 0. The largest absolute Gasteiger partial charge is 0.477 e. The van der Waals surface area contributed by atoms with E-state index in [4.69, 9.17) is 9.84 Å². The molecular weight excluding hydrogens is 256 g/mol. The van der Waals surface area contributed by atoms with E-state index in [1.165, 1.54) is 44.7 Å². The average molecular weight is 278 g/mol. The fourth-order valence-electron chi connectivity index (χ4n) is 3.38. The molecule has 1 aromatic rings. The highest BCUT2D eigenvalue weighted by Gasteiger charge is 2.35. The summed E-state index contributed by atoms with van der Waals surface area (Å²) in [4.78, 5) is 10.7. The highest BCUT2D eigenvalue weighted by molar-refractivity contribution is 5.66. The van der Waals surface area contributed by atoms with Gasteiger partial charge in [0.15, 0.2) is 0 Å². The van der Waals surface area contributed by atoms with Crippen LogP contribution in [0.1, 0.15) is 44.9 Å². The highest BCUT2D eigenvalue weighted by Crippen LogP contribution is 2.45. The van der Waals surface area contributed by atoms with Gasteiger partial charge in [-0.2, -0.15) is 4.68 Å². The first-order valence-electron chi connectivity index (χ1n) is 7.66. The van der Waals surface area contributed by atoms with Gasteiger partial charge in [-0.3, -0.25) is 0 Å². The van der Waals surface area contributed by atoms with Crippen molar-refractivity contribution in [3.05, 3.63) is 12.3 Å². The molecular formula is C15H22N2O3. The number of hydrogen-bond acceptors (Lipinski definition) is 3. The van der Waals surface area contributed by atoms with Gasteiger partial charge in [0.25, 0.3) is 0 Å². The number of carboxylic acid groups (broad SMARTS) is 1. The zero-order valence-corrected chi connectivity index (χ0v) is 11.7. The normalized spacial score (nSPS) is 19.6. The molecule has 1 heterocycles. The third-order valence-corrected chi connectivity index (χ3v) is 4.97. The van der Waals surface area contributed by atoms with Gasteiger partial charge in [-0.1, -0.05) is 38.5 Å². The van der Waals surface area contributed by atoms with Crippen LogP contribution in [-0.2, 0) is 0 Å². The first-order valence-corrected chi connectivity index (χ1v) is 7.66. The molecule has 2 aliphatic rings. The lowest BCUT2D eigenvalue weighted by Crippen LogP contribution is -2.33. The minimum absolute atomic E-state index is 0.411. The first kappa shape index (κ1) is 13.5. The molecule has 0 bridgehead atoms. The Morgan fingerprint density at radius 2 is 2.00 bits per heavy atom. The highest BCUT2D eigenvalue weighted by atomic mass is 16.5. The van der Waals surface area contributed by atoms with E-state index < -0.39 is 6.09 Å². The summed E-state index contributed by atoms with van der Waals surface area (Å²) in [6, 6.07) is 1.61. The van der Waals surface area contributed by atoms with E-state index >= 15 is 0 Å². The summed E-state index contributed by atoms with van der Waals surface area (Å²) in [5.41, 5.74) is 0. The van der Waals surface area contributed by atoms with Crippen molar-refractivity contribution < 1.29 is 14.6 Å². The fourth-order valence-corrected chi connectivity index (χ4v) is 3.38. The van der Waals surface area contributed by atoms with Crippen LogP contribution in [0.5, 0.6) is 5.88 Å². The molecule has 2 saturated carbocycles. The summed E-state index contributed by atoms with van der Waals surface area (Å²) in [6.45, 7) is 0.647. The molecule has 0 unspecified atom stereocenters. The molecule has 0 aliphatic heterocycles. The van der Waals surface area contributed by atoms with Crippen molar-refractivity contribution in [1.29, 1.82) is 0 Å². The first-order chi connectivity index (χ1) is 9.74. The van der Waals surface area contributed by atoms with Crippen molar-refractivity contribution in [2.45, 2.75) is 44.9 Å². The minimum atomic E-state index is -1.08. The Bertz CT molecular complexity index is 449. The minimum Gasteiger partial charge on any atom is -0.477 e. The molecule has 0 saturated heterocycles. The molecule has 2 fully saturated rings. The summed E-state index contributed by atoms with van der Waals surface area (Å²) in [5, 5.41) is 12.6. The van der Waals surface area contributed by atoms with Crippen molar-refractivity contribution >= 4 is 6.09 Å². The van der Waals surface area contributed by atoms with Gasteiger partial charge in [0.1, 0.15) is 0 Å². The Labute approximate surface area is 118 Å². The molecule has 3 rings (SSSR count). The van der Waals surface area contributed by atoms with Crippen molar-refractivity contribution in [1.82, 2.24) is 9.78 Å². The van der Waals surface area contributed by atoms with Crippen molar-refractivity contribution in [3.63, 3.8) is 0 Å². The van der Waals surface area contributed by atoms with E-state index in [1.807, 2.05) is 0 Å². The van der Waals surface area contributed by atoms with Crippen LogP contribution in [0.2, 0.25) is 0 Å². The molecule has 5 heteroatoms. The van der Waals surface area contributed by atoms with Gasteiger partial charge in [-0.05, 0) is 24.2 Å². The fraction of sp³-hybridized carbons (Fsp3) is 0.733. The molecule has 1 aromatic heterocycles. The Hall–Kier alpha value is -1.52. The van der Waals surface area contributed by atoms with Gasteiger partial charge < -0.3 is 9.84 Å². The van der Waals surface area contributed by atoms with Crippen molar-refractivity contribution in [3.8, 4) is 5.88 Å². The number of ether oxygens (including phenoxy) is 1. The number of nitrogens with zero attached hydrogens (tertiary/aromatic N) is 2. The molecule has 5 nitrogen and oxygen atoms in total. The second-order valence-corrected chi connectivity index (χ2v) is 6.06. The maximum Gasteiger partial charge on any atom is 0.432 e. The third-order valence-electron chi connectivity index (χ3n) is 4.97. The summed E-state index contributed by atoms with van der Waals surface area (Å²) < 4.78 is 6.49. The van der Waals surface area contributed by atoms with E-state index in [0.717, 1.165) is 28.9 Å². The predicted molar refractivity (Wildman–Crippen MR) is 73.9 cm³/mol. The lowest BCUT2D eigenvalue weighted by atomic mass is 9.63. The number of hydrogen-bond donors (Lipinski definition) is 1. The van der Waals surface area contributed by atoms with E-state index in [1.54, 1.807) is 6.07 Å². The number of rotatable bonds is 6. The molecule has 2 aliphatic carbocycles. The average Bonchev–Trinajstić information content (AvgIpc) is 2.73. The van der Waals surface area contributed by atoms with Crippen LogP contribution in [0, 0.1) is 17.8 Å². The summed E-state index contributed by atoms with van der Waals surface area (Å²) in [6.07, 6.45) is 9.71. The van der Waals surface area contributed by atoms with Crippen LogP contribution in [-0.4, -0.2) is 27.6 Å². The Morgan fingerprint density at radius 3 is 2.45 bits per heavy atom. The van der Waals surface area contributed by atoms with E-state index in [0.29, 0.717) is 12.5 Å². The standard InChI is InChI=1S/C15H22N2O3/c18-15(19)17-9-7-14(16-17)20-10-8-13(11-3-1-4-11)12-5-2-6-12/h7,9,11-13H,1-6,8,10H2,(H,18,19). The van der Waals surface area contributed by atoms with Gasteiger partial charge in [-0.15, -0.1) is 5.10 Å².